The molecule has 2 saturated carbocycles. The SMILES string of the molecule is C=C1CC[C@H]2[C@H](C)CCC[C@]2(C)[C@H]1CC/C(C)=C/C(=O)OC. The molecular weight excluding hydrogens is 272 g/mol. The predicted octanol–water partition coefficient (Wildman–Crippen LogP) is 5.29. The van der Waals surface area contributed by atoms with Gasteiger partial charge >= 0.3 is 5.97 Å². The van der Waals surface area contributed by atoms with E-state index in [-0.39, 0.29) is 5.97 Å². The molecule has 0 bridgehead atoms. The van der Waals surface area contributed by atoms with Gasteiger partial charge in [0.25, 0.3) is 0 Å². The highest BCUT2D eigenvalue weighted by Crippen LogP contribution is 2.57. The number of hydrogen-bond donors (Lipinski definition) is 0. The molecule has 0 aromatic rings. The first-order chi connectivity index (χ1) is 10.4. The standard InChI is InChI=1S/C20H32O2/c1-14(13-19(21)22-5)8-10-17-16(3)9-11-18-15(2)7-6-12-20(17,18)4/h13,15,17-18H,3,6-12H2,1-2,4-5H3/b14-13+/t15-,17+,18+,20-/m1/s1. The van der Waals surface area contributed by atoms with Crippen molar-refractivity contribution < 1.29 is 9.53 Å². The van der Waals surface area contributed by atoms with Crippen molar-refractivity contribution in [1.29, 1.82) is 0 Å². The molecule has 2 nitrogen and oxygen atoms in total. The number of ether oxygens (including phenoxy) is 1. The highest BCUT2D eigenvalue weighted by molar-refractivity contribution is 5.82. The summed E-state index contributed by atoms with van der Waals surface area (Å²) in [7, 11) is 1.43. The van der Waals surface area contributed by atoms with Gasteiger partial charge in [0.15, 0.2) is 0 Å². The molecule has 22 heavy (non-hydrogen) atoms. The summed E-state index contributed by atoms with van der Waals surface area (Å²) in [6.07, 6.45) is 10.3. The summed E-state index contributed by atoms with van der Waals surface area (Å²) in [5.41, 5.74) is 2.98. The molecule has 2 heteroatoms. The van der Waals surface area contributed by atoms with Crippen LogP contribution in [0.3, 0.4) is 0 Å². The minimum atomic E-state index is -0.240. The zero-order chi connectivity index (χ0) is 16.3. The molecule has 124 valence electrons. The second-order valence-electron chi connectivity index (χ2n) is 7.78. The fourth-order valence-electron chi connectivity index (χ4n) is 5.11. The van der Waals surface area contributed by atoms with E-state index in [1.54, 1.807) is 6.08 Å². The largest absolute Gasteiger partial charge is 0.466 e. The number of fused-ring (bicyclic) bond motifs is 1. The van der Waals surface area contributed by atoms with Gasteiger partial charge in [-0.15, -0.1) is 0 Å². The number of rotatable bonds is 4. The number of carbonyl (C=O) groups is 1. The van der Waals surface area contributed by atoms with Crippen LogP contribution in [0.15, 0.2) is 23.8 Å². The van der Waals surface area contributed by atoms with E-state index in [9.17, 15) is 4.79 Å². The fourth-order valence-corrected chi connectivity index (χ4v) is 5.11. The summed E-state index contributed by atoms with van der Waals surface area (Å²) in [5.74, 6) is 2.06. The Morgan fingerprint density at radius 2 is 2.18 bits per heavy atom. The molecule has 2 aliphatic rings. The van der Waals surface area contributed by atoms with E-state index in [2.05, 4.69) is 20.4 Å². The van der Waals surface area contributed by atoms with Crippen LogP contribution in [0.2, 0.25) is 0 Å². The lowest BCUT2D eigenvalue weighted by molar-refractivity contribution is -0.134. The maximum atomic E-state index is 11.4. The molecular formula is C20H32O2. The van der Waals surface area contributed by atoms with Crippen molar-refractivity contribution in [2.75, 3.05) is 7.11 Å². The minimum absolute atomic E-state index is 0.240. The summed E-state index contributed by atoms with van der Waals surface area (Å²) < 4.78 is 4.72. The van der Waals surface area contributed by atoms with E-state index in [0.717, 1.165) is 30.3 Å². The molecule has 0 unspecified atom stereocenters. The summed E-state index contributed by atoms with van der Waals surface area (Å²) in [5, 5.41) is 0. The zero-order valence-electron chi connectivity index (χ0n) is 14.8. The Labute approximate surface area is 136 Å². The van der Waals surface area contributed by atoms with Gasteiger partial charge in [0.2, 0.25) is 0 Å². The lowest BCUT2D eigenvalue weighted by Gasteiger charge is -2.54. The van der Waals surface area contributed by atoms with Crippen LogP contribution in [0, 0.1) is 23.2 Å². The maximum Gasteiger partial charge on any atom is 0.330 e. The summed E-state index contributed by atoms with van der Waals surface area (Å²) in [6, 6.07) is 0. The monoisotopic (exact) mass is 304 g/mol. The molecule has 0 radical (unpaired) electrons. The van der Waals surface area contributed by atoms with Crippen LogP contribution in [0.5, 0.6) is 0 Å². The molecule has 4 atom stereocenters. The van der Waals surface area contributed by atoms with Crippen molar-refractivity contribution in [3.05, 3.63) is 23.8 Å². The molecule has 0 aromatic heterocycles. The molecule has 2 rings (SSSR count). The van der Waals surface area contributed by atoms with Gasteiger partial charge in [0.1, 0.15) is 0 Å². The van der Waals surface area contributed by atoms with E-state index in [1.165, 1.54) is 44.8 Å². The van der Waals surface area contributed by atoms with Crippen LogP contribution in [0.1, 0.15) is 65.7 Å². The molecule has 0 amide bonds. The average Bonchev–Trinajstić information content (AvgIpc) is 2.46. The van der Waals surface area contributed by atoms with Gasteiger partial charge in [-0.05, 0) is 62.2 Å². The highest BCUT2D eigenvalue weighted by atomic mass is 16.5. The van der Waals surface area contributed by atoms with Crippen LogP contribution < -0.4 is 0 Å². The number of carbonyl (C=O) groups excluding carboxylic acids is 1. The van der Waals surface area contributed by atoms with Gasteiger partial charge in [-0.1, -0.05) is 44.4 Å². The third kappa shape index (κ3) is 3.47. The smallest absolute Gasteiger partial charge is 0.330 e. The minimum Gasteiger partial charge on any atom is -0.466 e. The third-order valence-electron chi connectivity index (χ3n) is 6.37. The Balaban J connectivity index is 2.08. The molecule has 0 heterocycles. The molecule has 0 N–H and O–H groups in total. The Hall–Kier alpha value is -1.05. The van der Waals surface area contributed by atoms with E-state index >= 15 is 0 Å². The Morgan fingerprint density at radius 3 is 2.86 bits per heavy atom. The fraction of sp³-hybridized carbons (Fsp3) is 0.750. The number of allylic oxidation sites excluding steroid dienone is 2. The van der Waals surface area contributed by atoms with Crippen molar-refractivity contribution in [3.63, 3.8) is 0 Å². The van der Waals surface area contributed by atoms with Crippen molar-refractivity contribution in [1.82, 2.24) is 0 Å². The quantitative estimate of drug-likeness (QED) is 0.400. The topological polar surface area (TPSA) is 26.3 Å². The second kappa shape index (κ2) is 7.02. The predicted molar refractivity (Wildman–Crippen MR) is 91.5 cm³/mol. The number of esters is 1. The lowest BCUT2D eigenvalue weighted by atomic mass is 9.51. The normalized spacial score (nSPS) is 35.9. The van der Waals surface area contributed by atoms with E-state index < -0.39 is 0 Å². The van der Waals surface area contributed by atoms with E-state index in [0.29, 0.717) is 11.3 Å². The second-order valence-corrected chi connectivity index (χ2v) is 7.78. The van der Waals surface area contributed by atoms with Gasteiger partial charge < -0.3 is 4.74 Å². The average molecular weight is 304 g/mol. The Bertz CT molecular complexity index is 462. The van der Waals surface area contributed by atoms with Crippen molar-refractivity contribution >= 4 is 5.97 Å². The van der Waals surface area contributed by atoms with Crippen LogP contribution in [-0.2, 0) is 9.53 Å². The van der Waals surface area contributed by atoms with Crippen LogP contribution in [-0.4, -0.2) is 13.1 Å². The van der Waals surface area contributed by atoms with Gasteiger partial charge in [0.05, 0.1) is 7.11 Å². The van der Waals surface area contributed by atoms with E-state index in [1.807, 2.05) is 6.92 Å². The van der Waals surface area contributed by atoms with Gasteiger partial charge in [-0.2, -0.15) is 0 Å². The highest BCUT2D eigenvalue weighted by Gasteiger charge is 2.48. The molecule has 0 spiro atoms. The van der Waals surface area contributed by atoms with E-state index in [4.69, 9.17) is 4.74 Å². The first-order valence-corrected chi connectivity index (χ1v) is 8.81. The summed E-state index contributed by atoms with van der Waals surface area (Å²) in [4.78, 5) is 11.4. The first kappa shape index (κ1) is 17.3. The zero-order valence-corrected chi connectivity index (χ0v) is 14.8. The molecule has 2 aliphatic carbocycles. The van der Waals surface area contributed by atoms with Gasteiger partial charge in [-0.3, -0.25) is 0 Å². The lowest BCUT2D eigenvalue weighted by Crippen LogP contribution is -2.45. The number of methoxy groups -OCH3 is 1. The van der Waals surface area contributed by atoms with Crippen molar-refractivity contribution in [3.8, 4) is 0 Å². The molecule has 2 fully saturated rings. The van der Waals surface area contributed by atoms with Crippen LogP contribution >= 0.6 is 0 Å². The van der Waals surface area contributed by atoms with Crippen LogP contribution in [0.4, 0.5) is 0 Å². The van der Waals surface area contributed by atoms with Gasteiger partial charge in [0, 0.05) is 6.08 Å². The maximum absolute atomic E-state index is 11.4. The molecule has 0 aliphatic heterocycles. The first-order valence-electron chi connectivity index (χ1n) is 8.81. The van der Waals surface area contributed by atoms with Crippen molar-refractivity contribution in [2.45, 2.75) is 65.7 Å². The number of hydrogen-bond acceptors (Lipinski definition) is 2. The summed E-state index contributed by atoms with van der Waals surface area (Å²) in [6.45, 7) is 11.4. The molecule has 0 saturated heterocycles. The van der Waals surface area contributed by atoms with Crippen molar-refractivity contribution in [2.24, 2.45) is 23.2 Å². The summed E-state index contributed by atoms with van der Waals surface area (Å²) >= 11 is 0. The Kier molecular flexibility index (Phi) is 5.52. The Morgan fingerprint density at radius 1 is 1.45 bits per heavy atom. The third-order valence-corrected chi connectivity index (χ3v) is 6.37. The van der Waals surface area contributed by atoms with Gasteiger partial charge in [-0.25, -0.2) is 4.79 Å². The molecule has 0 aromatic carbocycles. The van der Waals surface area contributed by atoms with Crippen LogP contribution in [0.25, 0.3) is 0 Å².